The molecule has 27 heavy (non-hydrogen) atoms. The summed E-state index contributed by atoms with van der Waals surface area (Å²) in [6.07, 6.45) is 4.31. The number of aromatic nitrogens is 2. The molecule has 146 valence electrons. The van der Waals surface area contributed by atoms with E-state index in [2.05, 4.69) is 14.9 Å². The van der Waals surface area contributed by atoms with Crippen LogP contribution in [0.15, 0.2) is 29.2 Å². The van der Waals surface area contributed by atoms with Gasteiger partial charge in [-0.15, -0.1) is 0 Å². The Morgan fingerprint density at radius 1 is 1.19 bits per heavy atom. The predicted octanol–water partition coefficient (Wildman–Crippen LogP) is 2.01. The number of rotatable bonds is 5. The topological polar surface area (TPSA) is 104 Å². The number of carbonyl (C=O) groups excluding carboxylic acids is 1. The summed E-state index contributed by atoms with van der Waals surface area (Å²) >= 11 is 0. The maximum absolute atomic E-state index is 12.7. The third-order valence-electron chi connectivity index (χ3n) is 4.72. The fraction of sp³-hybridized carbons (Fsp3) is 0.444. The van der Waals surface area contributed by atoms with Gasteiger partial charge in [0.25, 0.3) is 5.91 Å². The number of nitrogens with zero attached hydrogens (tertiary/aromatic N) is 2. The molecule has 0 atom stereocenters. The van der Waals surface area contributed by atoms with Gasteiger partial charge in [-0.25, -0.2) is 13.1 Å². The van der Waals surface area contributed by atoms with Gasteiger partial charge in [0, 0.05) is 18.7 Å². The van der Waals surface area contributed by atoms with Gasteiger partial charge in [-0.05, 0) is 44.2 Å². The van der Waals surface area contributed by atoms with Gasteiger partial charge in [0.1, 0.15) is 16.3 Å². The monoisotopic (exact) mass is 392 g/mol. The molecule has 0 saturated carbocycles. The number of hydrogen-bond donors (Lipinski definition) is 2. The number of nitrogens with one attached hydrogen (secondary N) is 2. The number of hydrogen-bond acceptors (Lipinski definition) is 5. The Hall–Kier alpha value is -2.39. The summed E-state index contributed by atoms with van der Waals surface area (Å²) in [5, 5.41) is 6.99. The average molecular weight is 392 g/mol. The summed E-state index contributed by atoms with van der Waals surface area (Å²) in [4.78, 5) is 14.6. The molecule has 0 unspecified atom stereocenters. The Balaban J connectivity index is 1.90. The van der Waals surface area contributed by atoms with E-state index in [1.54, 1.807) is 18.2 Å². The fourth-order valence-corrected chi connectivity index (χ4v) is 4.10. The molecule has 0 aliphatic carbocycles. The quantitative estimate of drug-likeness (QED) is 0.810. The van der Waals surface area contributed by atoms with E-state index in [9.17, 15) is 13.2 Å². The average Bonchev–Trinajstić information content (AvgIpc) is 3.02. The first kappa shape index (κ1) is 19.4. The molecule has 1 amide bonds. The second-order valence-corrected chi connectivity index (χ2v) is 8.30. The summed E-state index contributed by atoms with van der Waals surface area (Å²) in [5.41, 5.74) is 1.49. The van der Waals surface area contributed by atoms with Gasteiger partial charge >= 0.3 is 0 Å². The zero-order chi connectivity index (χ0) is 19.4. The molecule has 1 saturated heterocycles. The minimum Gasteiger partial charge on any atom is -0.495 e. The largest absolute Gasteiger partial charge is 0.495 e. The summed E-state index contributed by atoms with van der Waals surface area (Å²) in [7, 11) is -0.936. The Labute approximate surface area is 159 Å². The van der Waals surface area contributed by atoms with Gasteiger partial charge in [0.05, 0.1) is 12.8 Å². The van der Waals surface area contributed by atoms with E-state index in [4.69, 9.17) is 4.74 Å². The minimum absolute atomic E-state index is 0.0217. The number of sulfonamides is 1. The first-order chi connectivity index (χ1) is 13.0. The van der Waals surface area contributed by atoms with E-state index >= 15 is 0 Å². The molecule has 9 heteroatoms. The molecular formula is C18H24N4O4S. The first-order valence-electron chi connectivity index (χ1n) is 8.93. The number of H-pyrrole nitrogens is 1. The van der Waals surface area contributed by atoms with Gasteiger partial charge in [-0.2, -0.15) is 5.10 Å². The van der Waals surface area contributed by atoms with Gasteiger partial charge in [0.2, 0.25) is 10.0 Å². The maximum atomic E-state index is 12.7. The van der Waals surface area contributed by atoms with Crippen LogP contribution in [0.25, 0.3) is 11.3 Å². The highest BCUT2D eigenvalue weighted by molar-refractivity contribution is 7.89. The van der Waals surface area contributed by atoms with Crippen LogP contribution in [0, 0.1) is 0 Å². The number of carbonyl (C=O) groups is 1. The Bertz CT molecular complexity index is 915. The molecule has 1 aliphatic rings. The van der Waals surface area contributed by atoms with Gasteiger partial charge in [-0.3, -0.25) is 9.89 Å². The van der Waals surface area contributed by atoms with Gasteiger partial charge in [-0.1, -0.05) is 12.8 Å². The standard InChI is InChI=1S/C18H24N4O4S/c1-19-27(24,25)17-11-13(7-8-16(17)26-2)14-12-15(21-20-14)18(23)22-9-5-3-4-6-10-22/h7-8,11-12,19H,3-6,9-10H2,1-2H3,(H,20,21). The summed E-state index contributed by atoms with van der Waals surface area (Å²) in [6.45, 7) is 1.50. The third kappa shape index (κ3) is 4.14. The van der Waals surface area contributed by atoms with Gasteiger partial charge in [0.15, 0.2) is 0 Å². The fourth-order valence-electron chi connectivity index (χ4n) is 3.18. The van der Waals surface area contributed by atoms with Crippen LogP contribution in [0.5, 0.6) is 5.75 Å². The molecule has 8 nitrogen and oxygen atoms in total. The number of aromatic amines is 1. The van der Waals surface area contributed by atoms with Crippen molar-refractivity contribution in [1.29, 1.82) is 0 Å². The van der Waals surface area contributed by atoms with Crippen LogP contribution >= 0.6 is 0 Å². The molecule has 2 aromatic rings. The number of benzene rings is 1. The first-order valence-corrected chi connectivity index (χ1v) is 10.4. The van der Waals surface area contributed by atoms with Crippen molar-refractivity contribution in [3.8, 4) is 17.0 Å². The van der Waals surface area contributed by atoms with Crippen molar-refractivity contribution in [2.45, 2.75) is 30.6 Å². The highest BCUT2D eigenvalue weighted by Gasteiger charge is 2.22. The van der Waals surface area contributed by atoms with Crippen LogP contribution in [0.4, 0.5) is 0 Å². The molecule has 0 radical (unpaired) electrons. The zero-order valence-corrected chi connectivity index (χ0v) is 16.3. The Morgan fingerprint density at radius 3 is 2.52 bits per heavy atom. The SMILES string of the molecule is CNS(=O)(=O)c1cc(-c2cc(C(=O)N3CCCCCC3)[nH]n2)ccc1OC. The lowest BCUT2D eigenvalue weighted by atomic mass is 10.1. The van der Waals surface area contributed by atoms with Crippen molar-refractivity contribution < 1.29 is 17.9 Å². The molecule has 1 aromatic carbocycles. The van der Waals surface area contributed by atoms with Crippen molar-refractivity contribution in [2.24, 2.45) is 0 Å². The highest BCUT2D eigenvalue weighted by Crippen LogP contribution is 2.29. The molecule has 0 bridgehead atoms. The van der Waals surface area contributed by atoms with Crippen LogP contribution in [0.2, 0.25) is 0 Å². The lowest BCUT2D eigenvalue weighted by molar-refractivity contribution is 0.0755. The molecule has 3 rings (SSSR count). The van der Waals surface area contributed by atoms with Crippen molar-refractivity contribution in [3.63, 3.8) is 0 Å². The van der Waals surface area contributed by atoms with E-state index < -0.39 is 10.0 Å². The minimum atomic E-state index is -3.69. The van der Waals surface area contributed by atoms with E-state index in [-0.39, 0.29) is 16.6 Å². The van der Waals surface area contributed by atoms with Crippen molar-refractivity contribution in [1.82, 2.24) is 19.8 Å². The van der Waals surface area contributed by atoms with E-state index in [0.29, 0.717) is 17.0 Å². The lowest BCUT2D eigenvalue weighted by Crippen LogP contribution is -2.32. The van der Waals surface area contributed by atoms with Crippen molar-refractivity contribution >= 4 is 15.9 Å². The Kier molecular flexibility index (Phi) is 5.81. The van der Waals surface area contributed by atoms with Crippen LogP contribution in [-0.4, -0.2) is 56.7 Å². The van der Waals surface area contributed by atoms with E-state index in [0.717, 1.165) is 38.8 Å². The molecule has 1 aliphatic heterocycles. The highest BCUT2D eigenvalue weighted by atomic mass is 32.2. The normalized spacial score (nSPS) is 15.4. The number of likely N-dealkylation sites (tertiary alicyclic amines) is 1. The molecular weight excluding hydrogens is 368 g/mol. The molecule has 2 N–H and O–H groups in total. The summed E-state index contributed by atoms with van der Waals surface area (Å²) in [5.74, 6) is 0.164. The van der Waals surface area contributed by atoms with Crippen LogP contribution in [0.1, 0.15) is 36.2 Å². The smallest absolute Gasteiger partial charge is 0.271 e. The lowest BCUT2D eigenvalue weighted by Gasteiger charge is -2.18. The summed E-state index contributed by atoms with van der Waals surface area (Å²) < 4.78 is 31.9. The van der Waals surface area contributed by atoms with Crippen molar-refractivity contribution in [3.05, 3.63) is 30.0 Å². The third-order valence-corrected chi connectivity index (χ3v) is 6.15. The zero-order valence-electron chi connectivity index (χ0n) is 15.5. The van der Waals surface area contributed by atoms with Crippen LogP contribution in [-0.2, 0) is 10.0 Å². The molecule has 1 fully saturated rings. The maximum Gasteiger partial charge on any atom is 0.271 e. The molecule has 0 spiro atoms. The Morgan fingerprint density at radius 2 is 1.89 bits per heavy atom. The van der Waals surface area contributed by atoms with Crippen molar-refractivity contribution in [2.75, 3.05) is 27.2 Å². The second kappa shape index (κ2) is 8.10. The summed E-state index contributed by atoms with van der Waals surface area (Å²) in [6, 6.07) is 6.43. The van der Waals surface area contributed by atoms with E-state index in [1.165, 1.54) is 20.2 Å². The molecule has 2 heterocycles. The van der Waals surface area contributed by atoms with Crippen LogP contribution in [0.3, 0.4) is 0 Å². The number of amides is 1. The number of methoxy groups -OCH3 is 1. The predicted molar refractivity (Wildman–Crippen MR) is 101 cm³/mol. The number of ether oxygens (including phenoxy) is 1. The van der Waals surface area contributed by atoms with Gasteiger partial charge < -0.3 is 9.64 Å². The van der Waals surface area contributed by atoms with Crippen LogP contribution < -0.4 is 9.46 Å². The second-order valence-electron chi connectivity index (χ2n) is 6.45. The van der Waals surface area contributed by atoms with E-state index in [1.807, 2.05) is 4.90 Å². The molecule has 1 aromatic heterocycles.